The number of hydrogen-bond donors (Lipinski definition) is 2. The number of nitrogens with zero attached hydrogens (tertiary/aromatic N) is 3. The molecule has 0 aliphatic carbocycles. The SMILES string of the molecule is C[C@@H]1CCC(=O)N1c1cccc(NC(=O)NCCSc2nccn2C)c1. The average Bonchev–Trinajstić information content (AvgIpc) is 3.17. The zero-order chi connectivity index (χ0) is 18.5. The van der Waals surface area contributed by atoms with Crippen LogP contribution in [0.3, 0.4) is 0 Å². The number of nitrogens with one attached hydrogen (secondary N) is 2. The summed E-state index contributed by atoms with van der Waals surface area (Å²) in [4.78, 5) is 30.1. The highest BCUT2D eigenvalue weighted by Gasteiger charge is 2.28. The summed E-state index contributed by atoms with van der Waals surface area (Å²) < 4.78 is 1.94. The average molecular weight is 373 g/mol. The summed E-state index contributed by atoms with van der Waals surface area (Å²) in [6.07, 6.45) is 5.08. The van der Waals surface area contributed by atoms with E-state index in [1.54, 1.807) is 22.9 Å². The van der Waals surface area contributed by atoms with Crippen molar-refractivity contribution in [3.05, 3.63) is 36.7 Å². The van der Waals surface area contributed by atoms with Gasteiger partial charge < -0.3 is 20.1 Å². The predicted molar refractivity (Wildman–Crippen MR) is 104 cm³/mol. The topological polar surface area (TPSA) is 79.3 Å². The quantitative estimate of drug-likeness (QED) is 0.603. The second-order valence-corrected chi connectivity index (χ2v) is 7.31. The minimum Gasteiger partial charge on any atom is -0.337 e. The summed E-state index contributed by atoms with van der Waals surface area (Å²) in [5, 5.41) is 6.57. The summed E-state index contributed by atoms with van der Waals surface area (Å²) in [6, 6.07) is 7.32. The Morgan fingerprint density at radius 1 is 1.42 bits per heavy atom. The van der Waals surface area contributed by atoms with E-state index in [2.05, 4.69) is 15.6 Å². The second kappa shape index (κ2) is 8.27. The first kappa shape index (κ1) is 18.3. The number of anilines is 2. The molecule has 0 radical (unpaired) electrons. The van der Waals surface area contributed by atoms with Gasteiger partial charge in [0.05, 0.1) is 0 Å². The summed E-state index contributed by atoms with van der Waals surface area (Å²) in [5.74, 6) is 0.864. The summed E-state index contributed by atoms with van der Waals surface area (Å²) in [7, 11) is 1.94. The van der Waals surface area contributed by atoms with Crippen molar-refractivity contribution in [2.75, 3.05) is 22.5 Å². The summed E-state index contributed by atoms with van der Waals surface area (Å²) in [6.45, 7) is 2.57. The molecule has 1 fully saturated rings. The van der Waals surface area contributed by atoms with Crippen molar-refractivity contribution in [2.24, 2.45) is 7.05 Å². The highest BCUT2D eigenvalue weighted by Crippen LogP contribution is 2.28. The standard InChI is InChI=1S/C18H23N5O2S/c1-13-6-7-16(24)23(13)15-5-3-4-14(12-15)21-17(25)19-9-11-26-18-20-8-10-22(18)2/h3-5,8,10,12-13H,6-7,9,11H2,1-2H3,(H2,19,21,25)/t13-/m1/s1. The number of thioether (sulfide) groups is 1. The zero-order valence-corrected chi connectivity index (χ0v) is 15.8. The van der Waals surface area contributed by atoms with Gasteiger partial charge in [-0.1, -0.05) is 17.8 Å². The lowest BCUT2D eigenvalue weighted by Gasteiger charge is -2.22. The molecule has 8 heteroatoms. The van der Waals surface area contributed by atoms with Crippen LogP contribution in [0.4, 0.5) is 16.2 Å². The third-order valence-electron chi connectivity index (χ3n) is 4.26. The van der Waals surface area contributed by atoms with E-state index >= 15 is 0 Å². The van der Waals surface area contributed by atoms with Gasteiger partial charge >= 0.3 is 6.03 Å². The molecule has 3 amide bonds. The number of imidazole rings is 1. The molecule has 1 aromatic carbocycles. The molecule has 26 heavy (non-hydrogen) atoms. The number of hydrogen-bond acceptors (Lipinski definition) is 4. The predicted octanol–water partition coefficient (Wildman–Crippen LogP) is 2.85. The van der Waals surface area contributed by atoms with Crippen LogP contribution < -0.4 is 15.5 Å². The fraction of sp³-hybridized carbons (Fsp3) is 0.389. The smallest absolute Gasteiger partial charge is 0.319 e. The number of benzene rings is 1. The van der Waals surface area contributed by atoms with Gasteiger partial charge in [0, 0.05) is 55.6 Å². The molecule has 0 bridgehead atoms. The normalized spacial score (nSPS) is 16.8. The van der Waals surface area contributed by atoms with Crippen LogP contribution in [0.25, 0.3) is 0 Å². The van der Waals surface area contributed by atoms with Crippen LogP contribution in [0.15, 0.2) is 41.8 Å². The molecule has 1 atom stereocenters. The van der Waals surface area contributed by atoms with Crippen molar-refractivity contribution in [2.45, 2.75) is 31.0 Å². The van der Waals surface area contributed by atoms with Gasteiger partial charge in [0.25, 0.3) is 0 Å². The van der Waals surface area contributed by atoms with Crippen molar-refractivity contribution < 1.29 is 9.59 Å². The molecule has 1 saturated heterocycles. The van der Waals surface area contributed by atoms with Gasteiger partial charge in [0.2, 0.25) is 5.91 Å². The molecule has 2 aromatic rings. The molecule has 1 aliphatic heterocycles. The van der Waals surface area contributed by atoms with Crippen molar-refractivity contribution >= 4 is 35.1 Å². The number of aromatic nitrogens is 2. The monoisotopic (exact) mass is 373 g/mol. The number of aryl methyl sites for hydroxylation is 1. The van der Waals surface area contributed by atoms with E-state index in [0.29, 0.717) is 18.7 Å². The third-order valence-corrected chi connectivity index (χ3v) is 5.32. The van der Waals surface area contributed by atoms with E-state index in [1.807, 2.05) is 49.0 Å². The number of carbonyl (C=O) groups is 2. The van der Waals surface area contributed by atoms with Gasteiger partial charge in [0.1, 0.15) is 0 Å². The van der Waals surface area contributed by atoms with Crippen LogP contribution in [0.2, 0.25) is 0 Å². The highest BCUT2D eigenvalue weighted by atomic mass is 32.2. The zero-order valence-electron chi connectivity index (χ0n) is 14.9. The van der Waals surface area contributed by atoms with Crippen LogP contribution in [-0.2, 0) is 11.8 Å². The number of rotatable bonds is 6. The minimum atomic E-state index is -0.261. The van der Waals surface area contributed by atoms with E-state index in [-0.39, 0.29) is 18.0 Å². The van der Waals surface area contributed by atoms with E-state index in [9.17, 15) is 9.59 Å². The van der Waals surface area contributed by atoms with Crippen LogP contribution in [0.1, 0.15) is 19.8 Å². The van der Waals surface area contributed by atoms with Crippen molar-refractivity contribution in [1.82, 2.24) is 14.9 Å². The maximum absolute atomic E-state index is 12.1. The Labute approximate surface area is 157 Å². The van der Waals surface area contributed by atoms with E-state index < -0.39 is 0 Å². The summed E-state index contributed by atoms with van der Waals surface area (Å²) in [5.41, 5.74) is 1.49. The molecule has 2 N–H and O–H groups in total. The van der Waals surface area contributed by atoms with Crippen LogP contribution >= 0.6 is 11.8 Å². The highest BCUT2D eigenvalue weighted by molar-refractivity contribution is 7.99. The molecule has 7 nitrogen and oxygen atoms in total. The van der Waals surface area contributed by atoms with Gasteiger partial charge in [-0.2, -0.15) is 0 Å². The molecule has 1 aromatic heterocycles. The molecule has 1 aliphatic rings. The maximum atomic E-state index is 12.1. The molecule has 3 rings (SSSR count). The Kier molecular flexibility index (Phi) is 5.82. The Balaban J connectivity index is 1.49. The summed E-state index contributed by atoms with van der Waals surface area (Å²) >= 11 is 1.59. The molecule has 0 unspecified atom stereocenters. The molecule has 0 saturated carbocycles. The minimum absolute atomic E-state index is 0.130. The largest absolute Gasteiger partial charge is 0.337 e. The first-order valence-electron chi connectivity index (χ1n) is 8.61. The van der Waals surface area contributed by atoms with Crippen LogP contribution in [0, 0.1) is 0 Å². The first-order valence-corrected chi connectivity index (χ1v) is 9.60. The number of carbonyl (C=O) groups excluding carboxylic acids is 2. The van der Waals surface area contributed by atoms with Gasteiger partial charge in [-0.25, -0.2) is 9.78 Å². The fourth-order valence-electron chi connectivity index (χ4n) is 2.93. The van der Waals surface area contributed by atoms with Gasteiger partial charge in [-0.3, -0.25) is 4.79 Å². The van der Waals surface area contributed by atoms with Gasteiger partial charge in [-0.05, 0) is 31.5 Å². The molecule has 0 spiro atoms. The molecular weight excluding hydrogens is 350 g/mol. The molecular formula is C18H23N5O2S. The third kappa shape index (κ3) is 4.37. The Morgan fingerprint density at radius 2 is 2.27 bits per heavy atom. The van der Waals surface area contributed by atoms with E-state index in [0.717, 1.165) is 23.0 Å². The lowest BCUT2D eigenvalue weighted by atomic mass is 10.2. The van der Waals surface area contributed by atoms with E-state index in [4.69, 9.17) is 0 Å². The first-order chi connectivity index (χ1) is 12.5. The van der Waals surface area contributed by atoms with Crippen LogP contribution in [0.5, 0.6) is 0 Å². The molecule has 2 heterocycles. The Morgan fingerprint density at radius 3 is 2.96 bits per heavy atom. The van der Waals surface area contributed by atoms with Gasteiger partial charge in [-0.15, -0.1) is 0 Å². The maximum Gasteiger partial charge on any atom is 0.319 e. The van der Waals surface area contributed by atoms with Crippen molar-refractivity contribution in [1.29, 1.82) is 0 Å². The van der Waals surface area contributed by atoms with E-state index in [1.165, 1.54) is 0 Å². The van der Waals surface area contributed by atoms with Gasteiger partial charge in [0.15, 0.2) is 5.16 Å². The lowest BCUT2D eigenvalue weighted by Crippen LogP contribution is -2.32. The van der Waals surface area contributed by atoms with Crippen LogP contribution in [-0.4, -0.2) is 39.8 Å². The van der Waals surface area contributed by atoms with Crippen molar-refractivity contribution in [3.8, 4) is 0 Å². The fourth-order valence-corrected chi connectivity index (χ4v) is 3.72. The Hall–Kier alpha value is -2.48. The number of amides is 3. The van der Waals surface area contributed by atoms with Crippen molar-refractivity contribution in [3.63, 3.8) is 0 Å². The Bertz CT molecular complexity index is 791. The molecule has 138 valence electrons. The lowest BCUT2D eigenvalue weighted by molar-refractivity contribution is -0.117. The second-order valence-electron chi connectivity index (χ2n) is 6.25. The number of urea groups is 1.